The molecular formula is C23H22N8OS. The minimum atomic E-state index is -0.210. The highest BCUT2D eigenvalue weighted by Crippen LogP contribution is 2.29. The molecule has 0 aliphatic rings. The van der Waals surface area contributed by atoms with Crippen LogP contribution in [0.5, 0.6) is 5.75 Å². The minimum Gasteiger partial charge on any atom is -0.479 e. The van der Waals surface area contributed by atoms with Crippen molar-refractivity contribution < 1.29 is 4.74 Å². The molecule has 0 unspecified atom stereocenters. The maximum Gasteiger partial charge on any atom is 0.227 e. The van der Waals surface area contributed by atoms with E-state index in [1.807, 2.05) is 37.3 Å². The highest BCUT2D eigenvalue weighted by atomic mass is 32.2. The van der Waals surface area contributed by atoms with Gasteiger partial charge in [-0.2, -0.15) is 5.26 Å². The first-order valence-electron chi connectivity index (χ1n) is 10.4. The number of nitriles is 1. The molecule has 2 aromatic heterocycles. The Labute approximate surface area is 195 Å². The van der Waals surface area contributed by atoms with Gasteiger partial charge in [-0.25, -0.2) is 14.6 Å². The molecule has 0 saturated carbocycles. The minimum absolute atomic E-state index is 0.210. The Hall–Kier alpha value is -3.97. The van der Waals surface area contributed by atoms with Gasteiger partial charge in [-0.05, 0) is 53.1 Å². The molecule has 0 amide bonds. The van der Waals surface area contributed by atoms with Crippen molar-refractivity contribution in [2.45, 2.75) is 31.6 Å². The van der Waals surface area contributed by atoms with Crippen molar-refractivity contribution in [3.05, 3.63) is 72.3 Å². The Kier molecular flexibility index (Phi) is 7.12. The Morgan fingerprint density at radius 1 is 1.15 bits per heavy atom. The van der Waals surface area contributed by atoms with Crippen LogP contribution in [0.2, 0.25) is 0 Å². The molecular weight excluding hydrogens is 436 g/mol. The van der Waals surface area contributed by atoms with E-state index in [0.717, 1.165) is 23.2 Å². The first-order chi connectivity index (χ1) is 16.2. The molecule has 0 saturated heterocycles. The van der Waals surface area contributed by atoms with E-state index in [1.54, 1.807) is 29.5 Å². The number of para-hydroxylation sites is 1. The lowest BCUT2D eigenvalue weighted by atomic mass is 10.1. The number of tetrazole rings is 1. The van der Waals surface area contributed by atoms with Crippen molar-refractivity contribution in [3.8, 4) is 22.9 Å². The Morgan fingerprint density at radius 2 is 1.97 bits per heavy atom. The molecule has 0 bridgehead atoms. The second kappa shape index (κ2) is 10.6. The van der Waals surface area contributed by atoms with Gasteiger partial charge in [-0.3, -0.25) is 0 Å². The molecule has 4 rings (SSSR count). The molecule has 0 spiro atoms. The lowest BCUT2D eigenvalue weighted by Gasteiger charge is -2.16. The molecule has 0 aliphatic heterocycles. The number of hydrogen-bond acceptors (Lipinski definition) is 9. The number of rotatable bonds is 9. The number of anilines is 2. The van der Waals surface area contributed by atoms with Crippen LogP contribution in [-0.4, -0.2) is 35.6 Å². The van der Waals surface area contributed by atoms with Crippen LogP contribution in [0.4, 0.5) is 11.6 Å². The van der Waals surface area contributed by atoms with Crippen molar-refractivity contribution in [3.63, 3.8) is 0 Å². The first kappa shape index (κ1) is 22.2. The van der Waals surface area contributed by atoms with Crippen LogP contribution >= 0.6 is 11.8 Å². The molecule has 1 N–H and O–H groups in total. The SMILES string of the molecule is CCc1ccccc1Nc1ncc(-c2ccc(C#N)c(O[C@@H](C)SCn3cnnn3)c2)cn1. The lowest BCUT2D eigenvalue weighted by Crippen LogP contribution is -2.10. The first-order valence-corrected chi connectivity index (χ1v) is 11.4. The zero-order valence-electron chi connectivity index (χ0n) is 18.2. The topological polar surface area (TPSA) is 114 Å². The number of nitrogens with zero attached hydrogens (tertiary/aromatic N) is 7. The molecule has 0 aliphatic carbocycles. The monoisotopic (exact) mass is 458 g/mol. The molecule has 2 aromatic carbocycles. The molecule has 33 heavy (non-hydrogen) atoms. The summed E-state index contributed by atoms with van der Waals surface area (Å²) >= 11 is 1.51. The summed E-state index contributed by atoms with van der Waals surface area (Å²) in [5, 5.41) is 23.8. The number of aromatic nitrogens is 6. The average Bonchev–Trinajstić information content (AvgIpc) is 3.37. The predicted octanol–water partition coefficient (Wildman–Crippen LogP) is 4.42. The molecule has 1 atom stereocenters. The van der Waals surface area contributed by atoms with E-state index in [0.29, 0.717) is 23.1 Å². The highest BCUT2D eigenvalue weighted by molar-refractivity contribution is 7.98. The normalized spacial score (nSPS) is 11.5. The van der Waals surface area contributed by atoms with Crippen LogP contribution in [0.3, 0.4) is 0 Å². The third-order valence-corrected chi connectivity index (χ3v) is 5.84. The van der Waals surface area contributed by atoms with Crippen LogP contribution in [0.1, 0.15) is 25.0 Å². The van der Waals surface area contributed by atoms with Crippen LogP contribution in [0, 0.1) is 11.3 Å². The summed E-state index contributed by atoms with van der Waals surface area (Å²) in [6.45, 7) is 4.03. The second-order valence-electron chi connectivity index (χ2n) is 7.08. The summed E-state index contributed by atoms with van der Waals surface area (Å²) in [7, 11) is 0. The molecule has 0 radical (unpaired) electrons. The van der Waals surface area contributed by atoms with Crippen LogP contribution in [0.15, 0.2) is 61.2 Å². The van der Waals surface area contributed by atoms with E-state index in [9.17, 15) is 5.26 Å². The quantitative estimate of drug-likeness (QED) is 0.364. The molecule has 0 fully saturated rings. The maximum absolute atomic E-state index is 9.49. The molecule has 9 nitrogen and oxygen atoms in total. The van der Waals surface area contributed by atoms with Gasteiger partial charge in [0, 0.05) is 23.6 Å². The van der Waals surface area contributed by atoms with Gasteiger partial charge >= 0.3 is 0 Å². The van der Waals surface area contributed by atoms with Crippen molar-refractivity contribution in [2.75, 3.05) is 5.32 Å². The Morgan fingerprint density at radius 3 is 2.70 bits per heavy atom. The third-order valence-electron chi connectivity index (χ3n) is 4.86. The second-order valence-corrected chi connectivity index (χ2v) is 8.34. The lowest BCUT2D eigenvalue weighted by molar-refractivity contribution is 0.306. The zero-order valence-corrected chi connectivity index (χ0v) is 19.0. The largest absolute Gasteiger partial charge is 0.479 e. The van der Waals surface area contributed by atoms with Gasteiger partial charge in [0.05, 0.1) is 11.4 Å². The maximum atomic E-state index is 9.49. The Bertz CT molecular complexity index is 1240. The van der Waals surface area contributed by atoms with E-state index < -0.39 is 0 Å². The summed E-state index contributed by atoms with van der Waals surface area (Å²) in [4.78, 5) is 8.93. The fourth-order valence-corrected chi connectivity index (χ4v) is 3.79. The fraction of sp³-hybridized carbons (Fsp3) is 0.217. The molecule has 10 heteroatoms. The fourth-order valence-electron chi connectivity index (χ4n) is 3.14. The number of nitrogens with one attached hydrogen (secondary N) is 1. The predicted molar refractivity (Wildman–Crippen MR) is 127 cm³/mol. The van der Waals surface area contributed by atoms with Crippen molar-refractivity contribution in [2.24, 2.45) is 0 Å². The number of ether oxygens (including phenoxy) is 1. The standard InChI is InChI=1S/C23H22N8OS/c1-3-17-6-4-5-7-21(17)28-23-25-12-20(13-26-23)18-8-9-19(11-24)22(10-18)32-16(2)33-15-31-14-27-29-30-31/h4-10,12-14,16H,3,15H2,1-2H3,(H,25,26,28)/t16-/m1/s1. The van der Waals surface area contributed by atoms with Gasteiger partial charge in [0.25, 0.3) is 0 Å². The summed E-state index contributed by atoms with van der Waals surface area (Å²) in [6, 6.07) is 15.7. The summed E-state index contributed by atoms with van der Waals surface area (Å²) in [5.74, 6) is 1.57. The van der Waals surface area contributed by atoms with Crippen LogP contribution < -0.4 is 10.1 Å². The number of hydrogen-bond donors (Lipinski definition) is 1. The smallest absolute Gasteiger partial charge is 0.227 e. The number of aryl methyl sites for hydroxylation is 1. The van der Waals surface area contributed by atoms with Crippen molar-refractivity contribution in [1.29, 1.82) is 5.26 Å². The van der Waals surface area contributed by atoms with Gasteiger partial charge in [-0.1, -0.05) is 43.0 Å². The van der Waals surface area contributed by atoms with Crippen LogP contribution in [0.25, 0.3) is 11.1 Å². The summed E-state index contributed by atoms with van der Waals surface area (Å²) in [6.07, 6.45) is 5.97. The van der Waals surface area contributed by atoms with Crippen molar-refractivity contribution in [1.82, 2.24) is 30.2 Å². The zero-order chi connectivity index (χ0) is 23.0. The van der Waals surface area contributed by atoms with E-state index in [1.165, 1.54) is 17.3 Å². The third kappa shape index (κ3) is 5.64. The summed E-state index contributed by atoms with van der Waals surface area (Å²) < 4.78 is 7.64. The molecule has 166 valence electrons. The van der Waals surface area contributed by atoms with Gasteiger partial charge < -0.3 is 10.1 Å². The van der Waals surface area contributed by atoms with E-state index >= 15 is 0 Å². The van der Waals surface area contributed by atoms with Gasteiger partial charge in [-0.15, -0.1) is 5.10 Å². The number of benzene rings is 2. The van der Waals surface area contributed by atoms with Gasteiger partial charge in [0.15, 0.2) is 0 Å². The average molecular weight is 459 g/mol. The molecule has 2 heterocycles. The van der Waals surface area contributed by atoms with E-state index in [-0.39, 0.29) is 5.44 Å². The van der Waals surface area contributed by atoms with Crippen molar-refractivity contribution >= 4 is 23.4 Å². The highest BCUT2D eigenvalue weighted by Gasteiger charge is 2.12. The Balaban J connectivity index is 1.47. The van der Waals surface area contributed by atoms with Crippen LogP contribution in [-0.2, 0) is 12.3 Å². The summed E-state index contributed by atoms with van der Waals surface area (Å²) in [5.41, 5.74) is 4.14. The van der Waals surface area contributed by atoms with Gasteiger partial charge in [0.1, 0.15) is 23.6 Å². The van der Waals surface area contributed by atoms with Gasteiger partial charge in [0.2, 0.25) is 5.95 Å². The van der Waals surface area contributed by atoms with E-state index in [2.05, 4.69) is 49.9 Å². The van der Waals surface area contributed by atoms with E-state index in [4.69, 9.17) is 4.74 Å². The molecule has 4 aromatic rings. The number of thioether (sulfide) groups is 1.